The third-order valence-corrected chi connectivity index (χ3v) is 3.90. The van der Waals surface area contributed by atoms with Gasteiger partial charge in [-0.05, 0) is 53.6 Å². The summed E-state index contributed by atoms with van der Waals surface area (Å²) in [6.45, 7) is 8.60. The van der Waals surface area contributed by atoms with Gasteiger partial charge in [0.15, 0.2) is 5.96 Å². The zero-order valence-corrected chi connectivity index (χ0v) is 16.9. The molecule has 2 N–H and O–H groups in total. The second kappa shape index (κ2) is 10.6. The molecule has 0 spiro atoms. The normalized spacial score (nSPS) is 17.5. The number of nitrogens with zero attached hydrogens (tertiary/aromatic N) is 2. The highest BCUT2D eigenvalue weighted by Crippen LogP contribution is 2.21. The SMILES string of the molecule is CN=C(NCCCN(C)C1CCCCC1)NC(C)(C)C.I. The Bertz CT molecular complexity index is 293. The summed E-state index contributed by atoms with van der Waals surface area (Å²) in [5.74, 6) is 0.901. The number of hydrogen-bond donors (Lipinski definition) is 2. The van der Waals surface area contributed by atoms with Crippen molar-refractivity contribution in [2.45, 2.75) is 70.9 Å². The molecule has 0 aromatic heterocycles. The topological polar surface area (TPSA) is 39.7 Å². The van der Waals surface area contributed by atoms with Crippen LogP contribution in [0, 0.1) is 0 Å². The summed E-state index contributed by atoms with van der Waals surface area (Å²) in [6, 6.07) is 0.816. The summed E-state index contributed by atoms with van der Waals surface area (Å²) in [5.41, 5.74) is 0.0563. The van der Waals surface area contributed by atoms with Gasteiger partial charge in [-0.25, -0.2) is 0 Å². The first-order chi connectivity index (χ1) is 9.42. The quantitative estimate of drug-likeness (QED) is 0.317. The van der Waals surface area contributed by atoms with Gasteiger partial charge in [-0.2, -0.15) is 0 Å². The van der Waals surface area contributed by atoms with E-state index in [1.54, 1.807) is 0 Å². The van der Waals surface area contributed by atoms with E-state index in [4.69, 9.17) is 0 Å². The second-order valence-electron chi connectivity index (χ2n) is 7.00. The minimum absolute atomic E-state index is 0. The van der Waals surface area contributed by atoms with Crippen LogP contribution in [0.1, 0.15) is 59.3 Å². The van der Waals surface area contributed by atoms with E-state index in [-0.39, 0.29) is 29.5 Å². The summed E-state index contributed by atoms with van der Waals surface area (Å²) >= 11 is 0. The maximum atomic E-state index is 4.26. The number of halogens is 1. The van der Waals surface area contributed by atoms with Gasteiger partial charge in [0, 0.05) is 25.2 Å². The fourth-order valence-electron chi connectivity index (χ4n) is 2.77. The van der Waals surface area contributed by atoms with Crippen molar-refractivity contribution in [3.63, 3.8) is 0 Å². The average molecular weight is 410 g/mol. The molecular formula is C16H35IN4. The molecule has 0 saturated heterocycles. The zero-order valence-electron chi connectivity index (χ0n) is 14.5. The van der Waals surface area contributed by atoms with Crippen molar-refractivity contribution < 1.29 is 0 Å². The average Bonchev–Trinajstić information content (AvgIpc) is 2.41. The Morgan fingerprint density at radius 2 is 1.81 bits per heavy atom. The van der Waals surface area contributed by atoms with E-state index in [9.17, 15) is 0 Å². The van der Waals surface area contributed by atoms with Gasteiger partial charge in [0.2, 0.25) is 0 Å². The van der Waals surface area contributed by atoms with Crippen LogP contribution < -0.4 is 10.6 Å². The highest BCUT2D eigenvalue weighted by Gasteiger charge is 2.17. The van der Waals surface area contributed by atoms with Crippen molar-refractivity contribution in [3.05, 3.63) is 0 Å². The van der Waals surface area contributed by atoms with Gasteiger partial charge in [-0.3, -0.25) is 4.99 Å². The molecule has 1 saturated carbocycles. The molecule has 5 heteroatoms. The number of hydrogen-bond acceptors (Lipinski definition) is 2. The number of aliphatic imine (C=N–C) groups is 1. The number of guanidine groups is 1. The van der Waals surface area contributed by atoms with Gasteiger partial charge in [0.05, 0.1) is 0 Å². The van der Waals surface area contributed by atoms with E-state index in [0.717, 1.165) is 25.0 Å². The molecule has 1 aliphatic rings. The number of rotatable bonds is 5. The molecule has 0 aromatic carbocycles. The summed E-state index contributed by atoms with van der Waals surface area (Å²) in [4.78, 5) is 6.80. The highest BCUT2D eigenvalue weighted by molar-refractivity contribution is 14.0. The smallest absolute Gasteiger partial charge is 0.191 e. The van der Waals surface area contributed by atoms with Crippen LogP contribution in [-0.2, 0) is 0 Å². The Kier molecular flexibility index (Phi) is 10.6. The summed E-state index contributed by atoms with van der Waals surface area (Å²) < 4.78 is 0. The maximum absolute atomic E-state index is 4.26. The molecule has 0 aliphatic heterocycles. The van der Waals surface area contributed by atoms with Crippen molar-refractivity contribution in [3.8, 4) is 0 Å². The van der Waals surface area contributed by atoms with Crippen molar-refractivity contribution in [2.75, 3.05) is 27.2 Å². The first kappa shape index (κ1) is 21.0. The summed E-state index contributed by atoms with van der Waals surface area (Å²) in [5, 5.41) is 6.78. The van der Waals surface area contributed by atoms with Crippen molar-refractivity contribution in [1.82, 2.24) is 15.5 Å². The lowest BCUT2D eigenvalue weighted by Crippen LogP contribution is -2.48. The van der Waals surface area contributed by atoms with Gasteiger partial charge in [0.1, 0.15) is 0 Å². The molecule has 4 nitrogen and oxygen atoms in total. The van der Waals surface area contributed by atoms with Crippen LogP contribution in [0.15, 0.2) is 4.99 Å². The van der Waals surface area contributed by atoms with Gasteiger partial charge in [-0.1, -0.05) is 19.3 Å². The molecule has 0 bridgehead atoms. The van der Waals surface area contributed by atoms with Crippen LogP contribution in [0.5, 0.6) is 0 Å². The minimum Gasteiger partial charge on any atom is -0.356 e. The van der Waals surface area contributed by atoms with Crippen molar-refractivity contribution >= 4 is 29.9 Å². The first-order valence-electron chi connectivity index (χ1n) is 8.11. The lowest BCUT2D eigenvalue weighted by Gasteiger charge is -2.31. The number of nitrogens with one attached hydrogen (secondary N) is 2. The standard InChI is InChI=1S/C16H34N4.HI/c1-16(2,3)19-15(17-4)18-12-9-13-20(5)14-10-7-6-8-11-14;/h14H,6-13H2,1-5H3,(H2,17,18,19);1H. The maximum Gasteiger partial charge on any atom is 0.191 e. The molecule has 0 radical (unpaired) electrons. The van der Waals surface area contributed by atoms with E-state index in [0.29, 0.717) is 0 Å². The molecule has 0 heterocycles. The molecule has 126 valence electrons. The van der Waals surface area contributed by atoms with E-state index in [2.05, 4.69) is 48.3 Å². The van der Waals surface area contributed by atoms with Crippen LogP contribution in [0.2, 0.25) is 0 Å². The zero-order chi connectivity index (χ0) is 15.0. The molecule has 1 fully saturated rings. The van der Waals surface area contributed by atoms with E-state index in [1.807, 2.05) is 7.05 Å². The molecular weight excluding hydrogens is 375 g/mol. The van der Waals surface area contributed by atoms with E-state index < -0.39 is 0 Å². The summed E-state index contributed by atoms with van der Waals surface area (Å²) in [7, 11) is 4.10. The monoisotopic (exact) mass is 410 g/mol. The van der Waals surface area contributed by atoms with E-state index in [1.165, 1.54) is 38.6 Å². The Balaban J connectivity index is 0.00000400. The molecule has 1 aliphatic carbocycles. The minimum atomic E-state index is 0. The van der Waals surface area contributed by atoms with Crippen molar-refractivity contribution in [2.24, 2.45) is 4.99 Å². The first-order valence-corrected chi connectivity index (χ1v) is 8.11. The van der Waals surface area contributed by atoms with Crippen molar-refractivity contribution in [1.29, 1.82) is 0 Å². The Hall–Kier alpha value is -0.0400. The molecule has 1 rings (SSSR count). The van der Waals surface area contributed by atoms with Gasteiger partial charge < -0.3 is 15.5 Å². The second-order valence-corrected chi connectivity index (χ2v) is 7.00. The fourth-order valence-corrected chi connectivity index (χ4v) is 2.77. The molecule has 21 heavy (non-hydrogen) atoms. The Morgan fingerprint density at radius 1 is 1.19 bits per heavy atom. The predicted octanol–water partition coefficient (Wildman–Crippen LogP) is 3.22. The predicted molar refractivity (Wildman–Crippen MR) is 104 cm³/mol. The lowest BCUT2D eigenvalue weighted by atomic mass is 9.94. The summed E-state index contributed by atoms with van der Waals surface area (Å²) in [6.07, 6.45) is 8.19. The fraction of sp³-hybridized carbons (Fsp3) is 0.938. The molecule has 0 amide bonds. The van der Waals surface area contributed by atoms with Crippen LogP contribution in [0.25, 0.3) is 0 Å². The van der Waals surface area contributed by atoms with Gasteiger partial charge in [-0.15, -0.1) is 24.0 Å². The van der Waals surface area contributed by atoms with Crippen LogP contribution in [0.4, 0.5) is 0 Å². The Morgan fingerprint density at radius 3 is 2.33 bits per heavy atom. The van der Waals surface area contributed by atoms with Crippen LogP contribution in [-0.4, -0.2) is 49.6 Å². The Labute approximate surface area is 148 Å². The van der Waals surface area contributed by atoms with Gasteiger partial charge in [0.25, 0.3) is 0 Å². The molecule has 0 aromatic rings. The van der Waals surface area contributed by atoms with Crippen LogP contribution in [0.3, 0.4) is 0 Å². The largest absolute Gasteiger partial charge is 0.356 e. The molecule has 0 unspecified atom stereocenters. The van der Waals surface area contributed by atoms with Gasteiger partial charge >= 0.3 is 0 Å². The third-order valence-electron chi connectivity index (χ3n) is 3.90. The third kappa shape index (κ3) is 9.55. The highest BCUT2D eigenvalue weighted by atomic mass is 127. The molecule has 0 atom stereocenters. The lowest BCUT2D eigenvalue weighted by molar-refractivity contribution is 0.190. The van der Waals surface area contributed by atoms with Crippen LogP contribution >= 0.6 is 24.0 Å². The van der Waals surface area contributed by atoms with E-state index >= 15 is 0 Å².